The fraction of sp³-hybridized carbons (Fsp3) is 0.235. The highest BCUT2D eigenvalue weighted by Crippen LogP contribution is 2.30. The third-order valence-corrected chi connectivity index (χ3v) is 4.82. The topological polar surface area (TPSA) is 52.8 Å². The van der Waals surface area contributed by atoms with Crippen LogP contribution in [0.3, 0.4) is 0 Å². The number of aryl methyl sites for hydroxylation is 2. The van der Waals surface area contributed by atoms with Crippen molar-refractivity contribution in [3.05, 3.63) is 58.1 Å². The van der Waals surface area contributed by atoms with Gasteiger partial charge in [0, 0.05) is 16.3 Å². The zero-order valence-corrected chi connectivity index (χ0v) is 15.2. The van der Waals surface area contributed by atoms with Gasteiger partial charge in [-0.2, -0.15) is 4.68 Å². The first-order valence-corrected chi connectivity index (χ1v) is 8.76. The number of ether oxygens (including phenoxy) is 1. The van der Waals surface area contributed by atoms with Gasteiger partial charge in [0.2, 0.25) is 5.16 Å². The molecule has 5 nitrogen and oxygen atoms in total. The van der Waals surface area contributed by atoms with Gasteiger partial charge in [0.25, 0.3) is 0 Å². The molecule has 0 amide bonds. The lowest BCUT2D eigenvalue weighted by atomic mass is 10.1. The second kappa shape index (κ2) is 7.23. The summed E-state index contributed by atoms with van der Waals surface area (Å²) in [5, 5.41) is 13.5. The van der Waals surface area contributed by atoms with Crippen LogP contribution < -0.4 is 4.74 Å². The van der Waals surface area contributed by atoms with Crippen molar-refractivity contribution in [3.63, 3.8) is 0 Å². The molecule has 0 bridgehead atoms. The Kier molecular flexibility index (Phi) is 5.06. The first-order chi connectivity index (χ1) is 11.6. The molecule has 0 aliphatic carbocycles. The van der Waals surface area contributed by atoms with Crippen molar-refractivity contribution >= 4 is 23.4 Å². The molecular formula is C17H17ClN4OS. The van der Waals surface area contributed by atoms with E-state index in [9.17, 15) is 0 Å². The molecule has 3 aromatic rings. The number of halogens is 1. The summed E-state index contributed by atoms with van der Waals surface area (Å²) in [7, 11) is 1.65. The summed E-state index contributed by atoms with van der Waals surface area (Å²) in [6.07, 6.45) is 0. The number of rotatable bonds is 5. The number of thioether (sulfide) groups is 1. The molecule has 3 rings (SSSR count). The molecule has 7 heteroatoms. The fourth-order valence-corrected chi connectivity index (χ4v) is 3.52. The highest BCUT2D eigenvalue weighted by molar-refractivity contribution is 7.98. The second-order valence-electron chi connectivity index (χ2n) is 5.41. The van der Waals surface area contributed by atoms with Gasteiger partial charge in [-0.15, -0.1) is 5.10 Å². The Bertz CT molecular complexity index is 866. The van der Waals surface area contributed by atoms with E-state index in [1.54, 1.807) is 23.6 Å². The van der Waals surface area contributed by atoms with Crippen molar-refractivity contribution in [2.45, 2.75) is 24.8 Å². The quantitative estimate of drug-likeness (QED) is 0.637. The summed E-state index contributed by atoms with van der Waals surface area (Å²) in [5.41, 5.74) is 4.32. The normalized spacial score (nSPS) is 10.8. The molecule has 0 unspecified atom stereocenters. The zero-order valence-electron chi connectivity index (χ0n) is 13.7. The Morgan fingerprint density at radius 2 is 2.00 bits per heavy atom. The lowest BCUT2D eigenvalue weighted by molar-refractivity contribution is 0.411. The molecule has 0 atom stereocenters. The first kappa shape index (κ1) is 16.8. The Hall–Kier alpha value is -2.05. The van der Waals surface area contributed by atoms with E-state index in [1.165, 1.54) is 5.56 Å². The minimum Gasteiger partial charge on any atom is -0.496 e. The van der Waals surface area contributed by atoms with Crippen LogP contribution in [0.5, 0.6) is 5.75 Å². The molecule has 0 aliphatic heterocycles. The highest BCUT2D eigenvalue weighted by Gasteiger charge is 2.13. The van der Waals surface area contributed by atoms with Gasteiger partial charge in [0.15, 0.2) is 0 Å². The van der Waals surface area contributed by atoms with Crippen LogP contribution >= 0.6 is 23.4 Å². The number of aromatic nitrogens is 4. The summed E-state index contributed by atoms with van der Waals surface area (Å²) in [4.78, 5) is 0. The molecule has 1 aromatic heterocycles. The molecule has 2 aromatic carbocycles. The van der Waals surface area contributed by atoms with E-state index >= 15 is 0 Å². The van der Waals surface area contributed by atoms with Crippen molar-refractivity contribution in [1.82, 2.24) is 20.2 Å². The van der Waals surface area contributed by atoms with Gasteiger partial charge < -0.3 is 4.74 Å². The molecule has 0 N–H and O–H groups in total. The number of tetrazole rings is 1. The average molecular weight is 361 g/mol. The number of methoxy groups -OCH3 is 1. The Balaban J connectivity index is 1.85. The largest absolute Gasteiger partial charge is 0.496 e. The molecule has 24 heavy (non-hydrogen) atoms. The Morgan fingerprint density at radius 3 is 2.75 bits per heavy atom. The molecule has 0 fully saturated rings. The summed E-state index contributed by atoms with van der Waals surface area (Å²) < 4.78 is 7.15. The standard InChI is InChI=1S/C17H17ClN4OS/c1-11-4-6-15(12(2)8-11)22-17(19-20-21-22)24-10-13-9-14(18)5-7-16(13)23-3/h4-9H,10H2,1-3H3. The summed E-state index contributed by atoms with van der Waals surface area (Å²) >= 11 is 7.63. The SMILES string of the molecule is COc1ccc(Cl)cc1CSc1nnnn1-c1ccc(C)cc1C. The van der Waals surface area contributed by atoms with Crippen molar-refractivity contribution in [3.8, 4) is 11.4 Å². The summed E-state index contributed by atoms with van der Waals surface area (Å²) in [6.45, 7) is 4.12. The molecule has 0 saturated heterocycles. The van der Waals surface area contributed by atoms with Crippen LogP contribution in [0.4, 0.5) is 0 Å². The van der Waals surface area contributed by atoms with Crippen LogP contribution in [0.15, 0.2) is 41.6 Å². The van der Waals surface area contributed by atoms with E-state index < -0.39 is 0 Å². The maximum absolute atomic E-state index is 6.09. The van der Waals surface area contributed by atoms with Crippen molar-refractivity contribution < 1.29 is 4.74 Å². The van der Waals surface area contributed by atoms with Gasteiger partial charge in [-0.3, -0.25) is 0 Å². The predicted octanol–water partition coefficient (Wildman–Crippen LogP) is 4.23. The van der Waals surface area contributed by atoms with Crippen LogP contribution in [0.1, 0.15) is 16.7 Å². The Morgan fingerprint density at radius 1 is 1.17 bits per heavy atom. The van der Waals surface area contributed by atoms with Gasteiger partial charge in [0.05, 0.1) is 12.8 Å². The van der Waals surface area contributed by atoms with Crippen LogP contribution in [-0.4, -0.2) is 27.3 Å². The molecular weight excluding hydrogens is 344 g/mol. The van der Waals surface area contributed by atoms with Crippen molar-refractivity contribution in [1.29, 1.82) is 0 Å². The van der Waals surface area contributed by atoms with Gasteiger partial charge in [-0.1, -0.05) is 41.1 Å². The van der Waals surface area contributed by atoms with Gasteiger partial charge >= 0.3 is 0 Å². The third-order valence-electron chi connectivity index (χ3n) is 3.62. The molecule has 0 spiro atoms. The summed E-state index contributed by atoms with van der Waals surface area (Å²) in [5.74, 6) is 1.46. The minimum atomic E-state index is 0.662. The Labute approximate surface area is 150 Å². The van der Waals surface area contributed by atoms with E-state index in [-0.39, 0.29) is 0 Å². The number of hydrogen-bond acceptors (Lipinski definition) is 5. The van der Waals surface area contributed by atoms with E-state index in [2.05, 4.69) is 41.5 Å². The van der Waals surface area contributed by atoms with E-state index in [4.69, 9.17) is 16.3 Å². The van der Waals surface area contributed by atoms with Crippen LogP contribution in [0, 0.1) is 13.8 Å². The molecule has 0 radical (unpaired) electrons. The molecule has 124 valence electrons. The van der Waals surface area contributed by atoms with Gasteiger partial charge in [0.1, 0.15) is 5.75 Å². The maximum atomic E-state index is 6.09. The zero-order chi connectivity index (χ0) is 17.1. The van der Waals surface area contributed by atoms with E-state index in [1.807, 2.05) is 24.3 Å². The monoisotopic (exact) mass is 360 g/mol. The smallest absolute Gasteiger partial charge is 0.214 e. The van der Waals surface area contributed by atoms with E-state index in [0.29, 0.717) is 10.8 Å². The molecule has 0 saturated carbocycles. The van der Waals surface area contributed by atoms with Crippen molar-refractivity contribution in [2.75, 3.05) is 7.11 Å². The van der Waals surface area contributed by atoms with Crippen molar-refractivity contribution in [2.24, 2.45) is 0 Å². The van der Waals surface area contributed by atoms with Gasteiger partial charge in [-0.05, 0) is 54.1 Å². The van der Waals surface area contributed by atoms with E-state index in [0.717, 1.165) is 27.7 Å². The minimum absolute atomic E-state index is 0.662. The second-order valence-corrected chi connectivity index (χ2v) is 6.79. The van der Waals surface area contributed by atoms with Crippen LogP contribution in [0.2, 0.25) is 5.02 Å². The van der Waals surface area contributed by atoms with Gasteiger partial charge in [-0.25, -0.2) is 0 Å². The average Bonchev–Trinajstić information content (AvgIpc) is 3.01. The number of nitrogens with zero attached hydrogens (tertiary/aromatic N) is 4. The molecule has 0 aliphatic rings. The maximum Gasteiger partial charge on any atom is 0.214 e. The lowest BCUT2D eigenvalue weighted by Gasteiger charge is -2.10. The van der Waals surface area contributed by atoms with Crippen LogP contribution in [0.25, 0.3) is 5.69 Å². The first-order valence-electron chi connectivity index (χ1n) is 7.39. The fourth-order valence-electron chi connectivity index (χ4n) is 2.47. The predicted molar refractivity (Wildman–Crippen MR) is 96.2 cm³/mol. The van der Waals surface area contributed by atoms with Crippen LogP contribution in [-0.2, 0) is 5.75 Å². The lowest BCUT2D eigenvalue weighted by Crippen LogP contribution is -2.02. The summed E-state index contributed by atoms with van der Waals surface area (Å²) in [6, 6.07) is 11.8. The highest BCUT2D eigenvalue weighted by atomic mass is 35.5. The number of hydrogen-bond donors (Lipinski definition) is 0. The third kappa shape index (κ3) is 3.55. The number of benzene rings is 2. The molecule has 1 heterocycles.